The number of hydrogen-bond donors (Lipinski definition) is 4. The molecule has 0 spiro atoms. The van der Waals surface area contributed by atoms with Crippen LogP contribution in [-0.2, 0) is 5.41 Å². The van der Waals surface area contributed by atoms with Gasteiger partial charge in [0.25, 0.3) is 7.34 Å². The number of hydrogen-bond acceptors (Lipinski definition) is 6. The smallest absolute Gasteiger partial charge is 0.411 e. The number of benzene rings is 4. The second-order valence-electron chi connectivity index (χ2n) is 9.60. The molecule has 0 fully saturated rings. The van der Waals surface area contributed by atoms with E-state index < -0.39 is 52.0 Å². The van der Waals surface area contributed by atoms with Gasteiger partial charge in [-0.3, -0.25) is 9.59 Å². The van der Waals surface area contributed by atoms with Crippen molar-refractivity contribution in [3.63, 3.8) is 0 Å². The maximum atomic E-state index is 14.7. The number of halogens is 6. The number of nitrogens with one attached hydrogen (secondary N) is 2. The molecule has 230 valence electrons. The Morgan fingerprint density at radius 1 is 0.727 bits per heavy atom. The monoisotopic (exact) mass is 619 g/mol. The van der Waals surface area contributed by atoms with E-state index in [4.69, 9.17) is 6.17 Å². The summed E-state index contributed by atoms with van der Waals surface area (Å²) in [5, 5.41) is 18.8. The molecule has 4 rings (SSSR count). The number of amides is 1. The summed E-state index contributed by atoms with van der Waals surface area (Å²) in [6, 6.07) is 15.0. The topological polar surface area (TPSA) is 108 Å². The summed E-state index contributed by atoms with van der Waals surface area (Å²) in [6.45, 7) is 1.41. The molecule has 44 heavy (non-hydrogen) atoms. The van der Waals surface area contributed by atoms with E-state index in [9.17, 15) is 41.0 Å². The Morgan fingerprint density at radius 2 is 1.20 bits per heavy atom. The zero-order valence-corrected chi connectivity index (χ0v) is 22.9. The van der Waals surface area contributed by atoms with Crippen LogP contribution in [0.25, 0.3) is 0 Å². The van der Waals surface area contributed by atoms with E-state index in [0.29, 0.717) is 47.7 Å². The van der Waals surface area contributed by atoms with Crippen LogP contribution in [0.5, 0.6) is 23.0 Å². The number of anilines is 2. The molecule has 1 amide bonds. The molecule has 0 aromatic heterocycles. The number of carbonyl (C=O) groups excluding carboxylic acids is 2. The number of phenolic OH excluding ortho intramolecular Hbond substituents is 2. The molecule has 0 radical (unpaired) electrons. The Hall–Kier alpha value is -5.20. The average Bonchev–Trinajstić information content (AvgIpc) is 2.97. The van der Waals surface area contributed by atoms with Crippen LogP contribution in [0.3, 0.4) is 0 Å². The summed E-state index contributed by atoms with van der Waals surface area (Å²) >= 11 is 0. The van der Waals surface area contributed by atoms with Gasteiger partial charge >= 0.3 is 12.4 Å². The molecular formula is C31H24F6N2O5. The minimum absolute atomic E-state index is 0.0503. The summed E-state index contributed by atoms with van der Waals surface area (Å²) in [7, 11) is 1.21. The van der Waals surface area contributed by atoms with Crippen molar-refractivity contribution in [3.05, 3.63) is 107 Å². The van der Waals surface area contributed by atoms with E-state index in [0.717, 1.165) is 0 Å². The van der Waals surface area contributed by atoms with Crippen LogP contribution in [0.1, 0.15) is 38.8 Å². The molecule has 0 unspecified atom stereocenters. The van der Waals surface area contributed by atoms with E-state index in [1.165, 1.54) is 38.2 Å². The van der Waals surface area contributed by atoms with Crippen molar-refractivity contribution in [2.24, 2.45) is 0 Å². The summed E-state index contributed by atoms with van der Waals surface area (Å²) in [5.41, 5.74) is -7.79. The van der Waals surface area contributed by atoms with Gasteiger partial charge < -0.3 is 25.6 Å². The predicted octanol–water partition coefficient (Wildman–Crippen LogP) is 7.80. The average molecular weight is 620 g/mol. The van der Waals surface area contributed by atoms with Crippen LogP contribution < -0.4 is 15.4 Å². The highest BCUT2D eigenvalue weighted by molar-refractivity contribution is 6.05. The molecule has 4 aromatic rings. The third kappa shape index (κ3) is 5.98. The Balaban J connectivity index is 1.70. The van der Waals surface area contributed by atoms with Crippen LogP contribution in [0.2, 0.25) is 0 Å². The van der Waals surface area contributed by atoms with Gasteiger partial charge in [-0.05, 0) is 90.8 Å². The normalized spacial score (nSPS) is 12.2. The van der Waals surface area contributed by atoms with Gasteiger partial charge in [0.05, 0.1) is 11.4 Å². The lowest BCUT2D eigenvalue weighted by Gasteiger charge is -2.38. The number of phenols is 2. The van der Waals surface area contributed by atoms with E-state index in [1.54, 1.807) is 24.3 Å². The zero-order valence-electron chi connectivity index (χ0n) is 23.9. The number of alkyl halides is 6. The van der Waals surface area contributed by atoms with Gasteiger partial charge in [-0.1, -0.05) is 12.1 Å². The molecular weight excluding hydrogens is 594 g/mol. The molecule has 0 atom stereocenters. The molecule has 4 N–H and O–H groups in total. The molecule has 0 aliphatic heterocycles. The maximum Gasteiger partial charge on any atom is 0.411 e. The van der Waals surface area contributed by atoms with Crippen molar-refractivity contribution in [3.8, 4) is 23.0 Å². The molecule has 0 saturated heterocycles. The Bertz CT molecular complexity index is 1690. The largest absolute Gasteiger partial charge is 0.506 e. The zero-order chi connectivity index (χ0) is 33.2. The van der Waals surface area contributed by atoms with Crippen molar-refractivity contribution < 1.29 is 50.9 Å². The molecule has 13 heteroatoms. The highest BCUT2D eigenvalue weighted by Gasteiger charge is 2.72. The van der Waals surface area contributed by atoms with E-state index >= 15 is 0 Å². The van der Waals surface area contributed by atoms with Gasteiger partial charge in [-0.2, -0.15) is 26.3 Å². The standard InChI is InChI=1S/C31H24F6N2O5/c1-17(40)18-3-9-22(10-4-18)44-23-11-5-19(6-12-23)28(43)39-25-16-21(8-14-27(25)42)29(30(32,33)34,31(35,36)37)20-7-13-26(41)24(15-20)38-2/h3-16,38,41-42H,1-2H3,(H,39,43)/i/hD. The van der Waals surface area contributed by atoms with Crippen molar-refractivity contribution in [1.29, 1.82) is 1.43 Å². The minimum atomic E-state index is -5.96. The van der Waals surface area contributed by atoms with Crippen molar-refractivity contribution >= 4 is 23.1 Å². The first-order chi connectivity index (χ1) is 21.1. The quantitative estimate of drug-likeness (QED) is 0.0866. The van der Waals surface area contributed by atoms with Gasteiger partial charge in [-0.25, -0.2) is 0 Å². The molecule has 7 nitrogen and oxygen atoms in total. The van der Waals surface area contributed by atoms with Crippen LogP contribution in [0.4, 0.5) is 37.7 Å². The summed E-state index contributed by atoms with van der Waals surface area (Å²) in [5.74, 6) is -1.50. The summed E-state index contributed by atoms with van der Waals surface area (Å²) in [6.07, 6.45) is -11.9. The highest BCUT2D eigenvalue weighted by Crippen LogP contribution is 2.57. The first kappa shape index (κ1) is 30.3. The van der Waals surface area contributed by atoms with Crippen molar-refractivity contribution in [2.45, 2.75) is 24.7 Å². The minimum Gasteiger partial charge on any atom is -0.506 e. The predicted molar refractivity (Wildman–Crippen MR) is 150 cm³/mol. The van der Waals surface area contributed by atoms with Gasteiger partial charge in [0.1, 0.15) is 23.0 Å². The van der Waals surface area contributed by atoms with Gasteiger partial charge in [-0.15, -0.1) is 0 Å². The molecule has 0 aliphatic carbocycles. The van der Waals surface area contributed by atoms with Gasteiger partial charge in [0, 0.05) is 18.2 Å². The lowest BCUT2D eigenvalue weighted by molar-refractivity contribution is -0.288. The SMILES string of the molecule is [2H]Oc1ccc(C(c2ccc(O)c(NC)c2)(C(F)(F)F)C(F)(F)F)cc1NC(=O)c1ccc(Oc2ccc(C(C)=O)cc2)cc1. The molecule has 4 aromatic carbocycles. The lowest BCUT2D eigenvalue weighted by Crippen LogP contribution is -2.54. The first-order valence-electron chi connectivity index (χ1n) is 13.2. The lowest BCUT2D eigenvalue weighted by atomic mass is 9.72. The number of ketones is 1. The Kier molecular flexibility index (Phi) is 8.13. The fourth-order valence-corrected chi connectivity index (χ4v) is 4.58. The number of rotatable bonds is 9. The maximum absolute atomic E-state index is 14.7. The van der Waals surface area contributed by atoms with Crippen molar-refractivity contribution in [2.75, 3.05) is 17.7 Å². The fourth-order valence-electron chi connectivity index (χ4n) is 4.58. The fraction of sp³-hybridized carbons (Fsp3) is 0.161. The number of carbonyl (C=O) groups is 2. The Labute approximate surface area is 248 Å². The number of Topliss-reactive ketones (excluding diaryl/α,β-unsaturated/α-hetero) is 1. The van der Waals surface area contributed by atoms with Crippen molar-refractivity contribution in [1.82, 2.24) is 0 Å². The second-order valence-corrected chi connectivity index (χ2v) is 9.60. The third-order valence-corrected chi connectivity index (χ3v) is 6.82. The summed E-state index contributed by atoms with van der Waals surface area (Å²) in [4.78, 5) is 24.5. The van der Waals surface area contributed by atoms with Gasteiger partial charge in [0.2, 0.25) is 5.41 Å². The van der Waals surface area contributed by atoms with E-state index in [-0.39, 0.29) is 22.8 Å². The van der Waals surface area contributed by atoms with Gasteiger partial charge in [0.15, 0.2) is 5.78 Å². The highest BCUT2D eigenvalue weighted by atomic mass is 19.4. The first-order valence-corrected chi connectivity index (χ1v) is 12.7. The van der Waals surface area contributed by atoms with E-state index in [2.05, 4.69) is 15.7 Å². The van der Waals surface area contributed by atoms with Crippen LogP contribution in [0, 0.1) is 0 Å². The number of aromatic hydroxyl groups is 2. The molecule has 0 bridgehead atoms. The number of ether oxygens (including phenoxy) is 1. The van der Waals surface area contributed by atoms with Crippen LogP contribution in [-0.4, -0.2) is 42.7 Å². The molecule has 0 saturated carbocycles. The van der Waals surface area contributed by atoms with Crippen LogP contribution in [0.15, 0.2) is 84.9 Å². The second kappa shape index (κ2) is 11.8. The molecule has 0 aliphatic rings. The third-order valence-electron chi connectivity index (χ3n) is 6.82. The molecule has 0 heterocycles. The Morgan fingerprint density at radius 3 is 1.66 bits per heavy atom. The van der Waals surface area contributed by atoms with E-state index in [1.807, 2.05) is 0 Å². The summed E-state index contributed by atoms with van der Waals surface area (Å²) < 4.78 is 101. The van der Waals surface area contributed by atoms with Crippen LogP contribution >= 0.6 is 0 Å².